The summed E-state index contributed by atoms with van der Waals surface area (Å²) in [7, 11) is 0. The van der Waals surface area contributed by atoms with Gasteiger partial charge in [0.2, 0.25) is 0 Å². The SMILES string of the molecule is NCC(=O)c1cnc(CC2(c3ccccc3)CC2)nc1. The third-order valence-electron chi connectivity index (χ3n) is 3.95. The minimum absolute atomic E-state index is 0.00331. The zero-order valence-corrected chi connectivity index (χ0v) is 11.2. The predicted octanol–water partition coefficient (Wildman–Crippen LogP) is 1.89. The minimum Gasteiger partial charge on any atom is -0.324 e. The van der Waals surface area contributed by atoms with Crippen LogP contribution in [0.3, 0.4) is 0 Å². The Hall–Kier alpha value is -2.07. The van der Waals surface area contributed by atoms with Crippen LogP contribution in [0.5, 0.6) is 0 Å². The first-order chi connectivity index (χ1) is 9.73. The number of rotatable bonds is 5. The van der Waals surface area contributed by atoms with Crippen LogP contribution in [0.4, 0.5) is 0 Å². The molecule has 4 heteroatoms. The third-order valence-corrected chi connectivity index (χ3v) is 3.95. The van der Waals surface area contributed by atoms with E-state index in [0.29, 0.717) is 5.56 Å². The minimum atomic E-state index is -0.124. The largest absolute Gasteiger partial charge is 0.324 e. The van der Waals surface area contributed by atoms with Crippen LogP contribution >= 0.6 is 0 Å². The molecule has 1 aliphatic rings. The molecule has 0 radical (unpaired) electrons. The molecule has 0 spiro atoms. The molecule has 0 unspecified atom stereocenters. The molecular weight excluding hydrogens is 250 g/mol. The van der Waals surface area contributed by atoms with E-state index in [2.05, 4.69) is 34.2 Å². The first-order valence-electron chi connectivity index (χ1n) is 6.83. The van der Waals surface area contributed by atoms with Crippen molar-refractivity contribution in [3.05, 3.63) is 59.7 Å². The second-order valence-corrected chi connectivity index (χ2v) is 5.34. The molecule has 0 atom stereocenters. The van der Waals surface area contributed by atoms with Gasteiger partial charge in [-0.3, -0.25) is 4.79 Å². The fourth-order valence-electron chi connectivity index (χ4n) is 2.52. The van der Waals surface area contributed by atoms with Gasteiger partial charge in [0.1, 0.15) is 5.82 Å². The Kier molecular flexibility index (Phi) is 3.32. The molecule has 1 aromatic carbocycles. The van der Waals surface area contributed by atoms with E-state index in [0.717, 1.165) is 12.2 Å². The van der Waals surface area contributed by atoms with Crippen molar-refractivity contribution in [1.82, 2.24) is 9.97 Å². The molecule has 1 aromatic heterocycles. The summed E-state index contributed by atoms with van der Waals surface area (Å²) in [5, 5.41) is 0. The number of benzene rings is 1. The van der Waals surface area contributed by atoms with Crippen LogP contribution < -0.4 is 5.73 Å². The molecule has 102 valence electrons. The molecule has 1 fully saturated rings. The number of carbonyl (C=O) groups excluding carboxylic acids is 1. The van der Waals surface area contributed by atoms with Crippen molar-refractivity contribution < 1.29 is 4.79 Å². The summed E-state index contributed by atoms with van der Waals surface area (Å²) in [6, 6.07) is 10.5. The van der Waals surface area contributed by atoms with Crippen molar-refractivity contribution in [3.63, 3.8) is 0 Å². The molecule has 0 amide bonds. The monoisotopic (exact) mass is 267 g/mol. The highest BCUT2D eigenvalue weighted by atomic mass is 16.1. The van der Waals surface area contributed by atoms with Crippen LogP contribution in [-0.2, 0) is 11.8 Å². The van der Waals surface area contributed by atoms with Gasteiger partial charge in [0.25, 0.3) is 0 Å². The van der Waals surface area contributed by atoms with E-state index in [1.54, 1.807) is 12.4 Å². The number of hydrogen-bond acceptors (Lipinski definition) is 4. The van der Waals surface area contributed by atoms with Crippen LogP contribution in [0, 0.1) is 0 Å². The van der Waals surface area contributed by atoms with E-state index in [9.17, 15) is 4.79 Å². The van der Waals surface area contributed by atoms with E-state index in [-0.39, 0.29) is 17.7 Å². The van der Waals surface area contributed by atoms with E-state index >= 15 is 0 Å². The van der Waals surface area contributed by atoms with Crippen molar-refractivity contribution in [3.8, 4) is 0 Å². The molecule has 1 heterocycles. The second-order valence-electron chi connectivity index (χ2n) is 5.34. The predicted molar refractivity (Wildman–Crippen MR) is 76.5 cm³/mol. The molecule has 0 aliphatic heterocycles. The average Bonchev–Trinajstić information content (AvgIpc) is 3.29. The van der Waals surface area contributed by atoms with Crippen molar-refractivity contribution in [2.24, 2.45) is 5.73 Å². The van der Waals surface area contributed by atoms with Gasteiger partial charge in [-0.25, -0.2) is 9.97 Å². The first kappa shape index (κ1) is 12.9. The summed E-state index contributed by atoms with van der Waals surface area (Å²) >= 11 is 0. The molecule has 0 bridgehead atoms. The van der Waals surface area contributed by atoms with E-state index < -0.39 is 0 Å². The lowest BCUT2D eigenvalue weighted by Crippen LogP contribution is -2.16. The topological polar surface area (TPSA) is 68.9 Å². The summed E-state index contributed by atoms with van der Waals surface area (Å²) in [4.78, 5) is 20.1. The fraction of sp³-hybridized carbons (Fsp3) is 0.312. The molecule has 0 saturated heterocycles. The van der Waals surface area contributed by atoms with Crippen LogP contribution in [-0.4, -0.2) is 22.3 Å². The average molecular weight is 267 g/mol. The second kappa shape index (κ2) is 5.13. The van der Waals surface area contributed by atoms with Gasteiger partial charge in [-0.05, 0) is 18.4 Å². The Balaban J connectivity index is 1.77. The number of hydrogen-bond donors (Lipinski definition) is 1. The Morgan fingerprint density at radius 1 is 1.15 bits per heavy atom. The number of carbonyl (C=O) groups is 1. The smallest absolute Gasteiger partial charge is 0.179 e. The standard InChI is InChI=1S/C16H17N3O/c17-9-14(20)12-10-18-15(19-11-12)8-16(6-7-16)13-4-2-1-3-5-13/h1-5,10-11H,6-9,17H2. The maximum atomic E-state index is 11.4. The lowest BCUT2D eigenvalue weighted by molar-refractivity contribution is 0.100. The fourth-order valence-corrected chi connectivity index (χ4v) is 2.52. The van der Waals surface area contributed by atoms with Crippen LogP contribution in [0.15, 0.2) is 42.7 Å². The van der Waals surface area contributed by atoms with Gasteiger partial charge in [-0.2, -0.15) is 0 Å². The van der Waals surface area contributed by atoms with Crippen molar-refractivity contribution in [2.45, 2.75) is 24.7 Å². The molecular formula is C16H17N3O. The molecule has 3 rings (SSSR count). The summed E-state index contributed by atoms with van der Waals surface area (Å²) in [5.41, 5.74) is 7.36. The Bertz CT molecular complexity index is 603. The highest BCUT2D eigenvalue weighted by molar-refractivity contribution is 5.96. The number of nitrogens with zero attached hydrogens (tertiary/aromatic N) is 2. The lowest BCUT2D eigenvalue weighted by Gasteiger charge is -2.14. The van der Waals surface area contributed by atoms with Crippen LogP contribution in [0.2, 0.25) is 0 Å². The number of nitrogens with two attached hydrogens (primary N) is 1. The molecule has 20 heavy (non-hydrogen) atoms. The summed E-state index contributed by atoms with van der Waals surface area (Å²) < 4.78 is 0. The number of aromatic nitrogens is 2. The van der Waals surface area contributed by atoms with Gasteiger partial charge in [0, 0.05) is 24.2 Å². The van der Waals surface area contributed by atoms with Gasteiger partial charge in [-0.1, -0.05) is 30.3 Å². The van der Waals surface area contributed by atoms with Crippen LogP contribution in [0.1, 0.15) is 34.6 Å². The van der Waals surface area contributed by atoms with Gasteiger partial charge in [0.15, 0.2) is 5.78 Å². The molecule has 4 nitrogen and oxygen atoms in total. The van der Waals surface area contributed by atoms with Crippen molar-refractivity contribution in [2.75, 3.05) is 6.54 Å². The molecule has 2 aromatic rings. The van der Waals surface area contributed by atoms with Crippen LogP contribution in [0.25, 0.3) is 0 Å². The number of ketones is 1. The lowest BCUT2D eigenvalue weighted by atomic mass is 9.92. The first-order valence-corrected chi connectivity index (χ1v) is 6.83. The zero-order chi connectivity index (χ0) is 14.0. The number of Topliss-reactive ketones (excluding diaryl/α,β-unsaturated/α-hetero) is 1. The maximum absolute atomic E-state index is 11.4. The quantitative estimate of drug-likeness (QED) is 0.840. The maximum Gasteiger partial charge on any atom is 0.179 e. The highest BCUT2D eigenvalue weighted by Crippen LogP contribution is 2.50. The third kappa shape index (κ3) is 2.47. The molecule has 1 saturated carbocycles. The van der Waals surface area contributed by atoms with E-state index in [1.807, 2.05) is 6.07 Å². The van der Waals surface area contributed by atoms with Gasteiger partial charge in [0.05, 0.1) is 12.1 Å². The summed E-state index contributed by atoms with van der Waals surface area (Å²) in [6.07, 6.45) is 6.33. The van der Waals surface area contributed by atoms with E-state index in [4.69, 9.17) is 5.73 Å². The summed E-state index contributed by atoms with van der Waals surface area (Å²) in [6.45, 7) is -0.00331. The highest BCUT2D eigenvalue weighted by Gasteiger charge is 2.44. The van der Waals surface area contributed by atoms with Gasteiger partial charge < -0.3 is 5.73 Å². The molecule has 2 N–H and O–H groups in total. The normalized spacial score (nSPS) is 15.8. The zero-order valence-electron chi connectivity index (χ0n) is 11.2. The Morgan fingerprint density at radius 3 is 2.35 bits per heavy atom. The summed E-state index contributed by atoms with van der Waals surface area (Å²) in [5.74, 6) is 0.667. The van der Waals surface area contributed by atoms with Gasteiger partial charge >= 0.3 is 0 Å². The van der Waals surface area contributed by atoms with Crippen molar-refractivity contribution >= 4 is 5.78 Å². The molecule has 1 aliphatic carbocycles. The Morgan fingerprint density at radius 2 is 1.80 bits per heavy atom. The van der Waals surface area contributed by atoms with E-state index in [1.165, 1.54) is 18.4 Å². The van der Waals surface area contributed by atoms with Gasteiger partial charge in [-0.15, -0.1) is 0 Å². The van der Waals surface area contributed by atoms with Crippen molar-refractivity contribution in [1.29, 1.82) is 0 Å². The Labute approximate surface area is 118 Å².